The molecule has 0 heterocycles. The summed E-state index contributed by atoms with van der Waals surface area (Å²) in [5.41, 5.74) is 5.49. The molecule has 0 bridgehead atoms. The van der Waals surface area contributed by atoms with Crippen molar-refractivity contribution in [3.63, 3.8) is 0 Å². The molecule has 8 N–H and O–H groups in total. The van der Waals surface area contributed by atoms with Crippen LogP contribution in [-0.2, 0) is 24.0 Å². The molecule has 0 radical (unpaired) electrons. The Kier molecular flexibility index (Phi) is 13.0. The van der Waals surface area contributed by atoms with E-state index >= 15 is 0 Å². The van der Waals surface area contributed by atoms with Gasteiger partial charge in [-0.15, -0.1) is 0 Å². The molecule has 0 aliphatic carbocycles. The molecule has 14 heteroatoms. The number of rotatable bonds is 14. The normalized spacial score (nSPS) is 14.8. The Morgan fingerprint density at radius 1 is 0.966 bits per heavy atom. The Bertz CT molecular complexity index is 607. The Hall–Kier alpha value is -2.03. The van der Waals surface area contributed by atoms with Crippen LogP contribution in [0.5, 0.6) is 0 Å². The highest BCUT2D eigenvalue weighted by Crippen LogP contribution is 2.04. The van der Waals surface area contributed by atoms with E-state index in [0.29, 0.717) is 5.75 Å². The van der Waals surface area contributed by atoms with Gasteiger partial charge in [-0.2, -0.15) is 24.4 Å². The monoisotopic (exact) mass is 454 g/mol. The van der Waals surface area contributed by atoms with E-state index in [1.54, 1.807) is 6.26 Å². The van der Waals surface area contributed by atoms with E-state index in [1.165, 1.54) is 11.8 Å². The molecule has 0 fully saturated rings. The second-order valence-corrected chi connectivity index (χ2v) is 7.22. The molecular weight excluding hydrogens is 428 g/mol. The number of aliphatic hydroxyl groups is 1. The van der Waals surface area contributed by atoms with Gasteiger partial charge in [0, 0.05) is 5.75 Å². The minimum absolute atomic E-state index is 0.00447. The first-order chi connectivity index (χ1) is 13.6. The highest BCUT2D eigenvalue weighted by molar-refractivity contribution is 7.98. The van der Waals surface area contributed by atoms with Crippen molar-refractivity contribution >= 4 is 54.1 Å². The molecule has 0 aromatic heterocycles. The van der Waals surface area contributed by atoms with Crippen molar-refractivity contribution < 1.29 is 39.3 Å². The fourth-order valence-corrected chi connectivity index (χ4v) is 2.62. The van der Waals surface area contributed by atoms with Gasteiger partial charge in [0.05, 0.1) is 19.1 Å². The summed E-state index contributed by atoms with van der Waals surface area (Å²) < 4.78 is 0. The maximum absolute atomic E-state index is 12.4. The third-order valence-corrected chi connectivity index (χ3v) is 4.62. The Balaban J connectivity index is 5.21. The molecule has 4 atom stereocenters. The van der Waals surface area contributed by atoms with Gasteiger partial charge in [-0.25, -0.2) is 4.79 Å². The number of nitrogens with two attached hydrogens (primary N) is 1. The third-order valence-electron chi connectivity index (χ3n) is 3.59. The highest BCUT2D eigenvalue weighted by atomic mass is 32.2. The van der Waals surface area contributed by atoms with Gasteiger partial charge in [-0.3, -0.25) is 19.2 Å². The van der Waals surface area contributed by atoms with Crippen LogP contribution in [0.2, 0.25) is 0 Å². The van der Waals surface area contributed by atoms with Crippen molar-refractivity contribution in [2.45, 2.75) is 37.0 Å². The molecule has 0 aromatic rings. The molecule has 166 valence electrons. The lowest BCUT2D eigenvalue weighted by Gasteiger charge is -2.24. The van der Waals surface area contributed by atoms with Crippen LogP contribution in [0.15, 0.2) is 0 Å². The van der Waals surface area contributed by atoms with Crippen molar-refractivity contribution in [1.82, 2.24) is 16.0 Å². The van der Waals surface area contributed by atoms with Gasteiger partial charge in [0.25, 0.3) is 0 Å². The van der Waals surface area contributed by atoms with Gasteiger partial charge in [-0.1, -0.05) is 0 Å². The first-order valence-electron chi connectivity index (χ1n) is 8.39. The number of amides is 3. The fourth-order valence-electron chi connectivity index (χ4n) is 1.98. The number of aliphatic hydroxyl groups excluding tert-OH is 1. The average Bonchev–Trinajstić information content (AvgIpc) is 2.66. The first-order valence-corrected chi connectivity index (χ1v) is 10.4. The Morgan fingerprint density at radius 3 is 1.93 bits per heavy atom. The Morgan fingerprint density at radius 2 is 1.48 bits per heavy atom. The van der Waals surface area contributed by atoms with E-state index in [1.807, 2.05) is 0 Å². The zero-order chi connectivity index (χ0) is 22.6. The predicted octanol–water partition coefficient (Wildman–Crippen LogP) is -3.00. The number of carbonyl (C=O) groups excluding carboxylic acids is 3. The average molecular weight is 455 g/mol. The maximum atomic E-state index is 12.4. The van der Waals surface area contributed by atoms with E-state index in [0.717, 1.165) is 0 Å². The summed E-state index contributed by atoms with van der Waals surface area (Å²) in [4.78, 5) is 58.4. The van der Waals surface area contributed by atoms with Crippen LogP contribution in [-0.4, -0.2) is 93.5 Å². The van der Waals surface area contributed by atoms with E-state index in [4.69, 9.17) is 15.9 Å². The topological polar surface area (TPSA) is 208 Å². The summed E-state index contributed by atoms with van der Waals surface area (Å²) in [7, 11) is 0. The minimum atomic E-state index is -1.68. The van der Waals surface area contributed by atoms with E-state index in [-0.39, 0.29) is 12.2 Å². The number of nitrogens with one attached hydrogen (secondary N) is 3. The van der Waals surface area contributed by atoms with E-state index < -0.39 is 66.9 Å². The van der Waals surface area contributed by atoms with Crippen molar-refractivity contribution in [3.05, 3.63) is 0 Å². The third kappa shape index (κ3) is 10.3. The van der Waals surface area contributed by atoms with Crippen molar-refractivity contribution in [3.8, 4) is 0 Å². The van der Waals surface area contributed by atoms with Crippen molar-refractivity contribution in [2.24, 2.45) is 5.73 Å². The summed E-state index contributed by atoms with van der Waals surface area (Å²) in [6.45, 7) is -0.773. The van der Waals surface area contributed by atoms with Gasteiger partial charge in [0.1, 0.15) is 18.1 Å². The molecule has 0 spiro atoms. The second kappa shape index (κ2) is 14.0. The lowest BCUT2D eigenvalue weighted by molar-refractivity contribution is -0.147. The summed E-state index contributed by atoms with van der Waals surface area (Å²) in [5.74, 6) is -5.08. The van der Waals surface area contributed by atoms with E-state index in [2.05, 4.69) is 28.6 Å². The van der Waals surface area contributed by atoms with E-state index in [9.17, 15) is 29.1 Å². The highest BCUT2D eigenvalue weighted by Gasteiger charge is 2.30. The van der Waals surface area contributed by atoms with Crippen LogP contribution in [0.4, 0.5) is 0 Å². The van der Waals surface area contributed by atoms with Gasteiger partial charge in [0.15, 0.2) is 0 Å². The van der Waals surface area contributed by atoms with Crippen LogP contribution in [0.3, 0.4) is 0 Å². The lowest BCUT2D eigenvalue weighted by Crippen LogP contribution is -2.58. The summed E-state index contributed by atoms with van der Waals surface area (Å²) in [6, 6.07) is -5.30. The number of carboxylic acids is 2. The van der Waals surface area contributed by atoms with Crippen LogP contribution in [0.1, 0.15) is 12.8 Å². The molecule has 0 saturated carbocycles. The smallest absolute Gasteiger partial charge is 0.326 e. The molecule has 0 saturated heterocycles. The molecule has 0 aliphatic rings. The number of thiol groups is 1. The second-order valence-electron chi connectivity index (χ2n) is 5.87. The quantitative estimate of drug-likeness (QED) is 0.125. The summed E-state index contributed by atoms with van der Waals surface area (Å²) in [5, 5.41) is 33.8. The number of aliphatic carboxylic acids is 2. The van der Waals surface area contributed by atoms with Crippen molar-refractivity contribution in [2.75, 3.05) is 24.4 Å². The number of carboxylic acid groups (broad SMARTS) is 2. The summed E-state index contributed by atoms with van der Waals surface area (Å²) in [6.07, 6.45) is 0.998. The number of hydrogen-bond donors (Lipinski definition) is 8. The van der Waals surface area contributed by atoms with Crippen LogP contribution < -0.4 is 21.7 Å². The molecule has 3 amide bonds. The van der Waals surface area contributed by atoms with Gasteiger partial charge >= 0.3 is 11.9 Å². The molecular formula is C15H26N4O8S2. The van der Waals surface area contributed by atoms with Crippen LogP contribution in [0, 0.1) is 0 Å². The minimum Gasteiger partial charge on any atom is -0.481 e. The zero-order valence-corrected chi connectivity index (χ0v) is 17.4. The molecule has 12 nitrogen and oxygen atoms in total. The molecule has 0 aliphatic heterocycles. The molecule has 4 unspecified atom stereocenters. The van der Waals surface area contributed by atoms with Gasteiger partial charge in [-0.05, 0) is 18.4 Å². The van der Waals surface area contributed by atoms with Crippen LogP contribution in [0.25, 0.3) is 0 Å². The zero-order valence-electron chi connectivity index (χ0n) is 15.7. The first kappa shape index (κ1) is 27.0. The molecule has 0 rings (SSSR count). The van der Waals surface area contributed by atoms with Gasteiger partial charge < -0.3 is 37.0 Å². The standard InChI is InChI=1S/C15H26N4O8S2/c1-29-3-2-8(13(24)18-9(15(26)27)4-11(21)22)17-14(25)10(5-20)19-12(23)7(16)6-28/h7-10,20,28H,2-6,16H2,1H3,(H,17,25)(H,18,24)(H,19,23)(H,21,22)(H,26,27). The van der Waals surface area contributed by atoms with Crippen LogP contribution >= 0.6 is 24.4 Å². The van der Waals surface area contributed by atoms with Crippen molar-refractivity contribution in [1.29, 1.82) is 0 Å². The molecule has 29 heavy (non-hydrogen) atoms. The fraction of sp³-hybridized carbons (Fsp3) is 0.667. The predicted molar refractivity (Wildman–Crippen MR) is 108 cm³/mol. The largest absolute Gasteiger partial charge is 0.481 e. The number of thioether (sulfide) groups is 1. The SMILES string of the molecule is CSCCC(NC(=O)C(CO)NC(=O)C(N)CS)C(=O)NC(CC(=O)O)C(=O)O. The molecule has 0 aromatic carbocycles. The maximum Gasteiger partial charge on any atom is 0.326 e. The number of carbonyl (C=O) groups is 5. The summed E-state index contributed by atoms with van der Waals surface area (Å²) >= 11 is 5.21. The number of hydrogen-bond acceptors (Lipinski definition) is 9. The van der Waals surface area contributed by atoms with Gasteiger partial charge in [0.2, 0.25) is 17.7 Å². The lowest BCUT2D eigenvalue weighted by atomic mass is 10.1. The Labute approximate surface area is 176 Å².